The molecule has 1 N–H and O–H groups in total. The average Bonchev–Trinajstić information content (AvgIpc) is 2.61. The van der Waals surface area contributed by atoms with Crippen molar-refractivity contribution in [3.05, 3.63) is 66.4 Å². The third kappa shape index (κ3) is 5.39. The van der Waals surface area contributed by atoms with Gasteiger partial charge < -0.3 is 10.1 Å². The monoisotopic (exact) mass is 405 g/mol. The van der Waals surface area contributed by atoms with Crippen molar-refractivity contribution >= 4 is 23.4 Å². The van der Waals surface area contributed by atoms with Crippen molar-refractivity contribution in [2.75, 3.05) is 5.32 Å². The normalized spacial score (nSPS) is 11.5. The van der Waals surface area contributed by atoms with Gasteiger partial charge in [-0.05, 0) is 38.1 Å². The number of benzene rings is 2. The molecular weight excluding hydrogens is 387 g/mol. The molecule has 3 aromatic rings. The number of anilines is 2. The molecule has 3 rings (SSSR count). The quantitative estimate of drug-likeness (QED) is 0.497. The first-order valence-corrected chi connectivity index (χ1v) is 9.34. The van der Waals surface area contributed by atoms with E-state index < -0.39 is 11.7 Å². The van der Waals surface area contributed by atoms with Gasteiger partial charge in [-0.2, -0.15) is 13.2 Å². The van der Waals surface area contributed by atoms with Gasteiger partial charge in [0.15, 0.2) is 0 Å². The molecule has 0 aliphatic carbocycles. The van der Waals surface area contributed by atoms with Crippen LogP contribution in [0, 0.1) is 0 Å². The Kier molecular flexibility index (Phi) is 6.08. The van der Waals surface area contributed by atoms with Crippen LogP contribution in [-0.2, 0) is 6.18 Å². The first-order chi connectivity index (χ1) is 13.3. The van der Waals surface area contributed by atoms with Gasteiger partial charge in [-0.3, -0.25) is 0 Å². The van der Waals surface area contributed by atoms with Gasteiger partial charge in [0.1, 0.15) is 16.3 Å². The molecule has 1 aromatic heterocycles. The lowest BCUT2D eigenvalue weighted by atomic mass is 10.3. The van der Waals surface area contributed by atoms with E-state index in [0.717, 1.165) is 18.0 Å². The van der Waals surface area contributed by atoms with E-state index in [1.807, 2.05) is 13.8 Å². The third-order valence-electron chi connectivity index (χ3n) is 3.48. The van der Waals surface area contributed by atoms with Gasteiger partial charge in [-0.1, -0.05) is 36.0 Å². The number of halogens is 3. The molecule has 4 nitrogen and oxygen atoms in total. The fourth-order valence-corrected chi connectivity index (χ4v) is 3.27. The lowest BCUT2D eigenvalue weighted by Gasteiger charge is -2.14. The van der Waals surface area contributed by atoms with Crippen LogP contribution < -0.4 is 10.1 Å². The van der Waals surface area contributed by atoms with E-state index in [4.69, 9.17) is 4.74 Å². The van der Waals surface area contributed by atoms with E-state index in [0.29, 0.717) is 16.3 Å². The van der Waals surface area contributed by atoms with Crippen LogP contribution in [0.4, 0.5) is 24.8 Å². The SMILES string of the molecule is CC(C)Oc1cccc(Nc2ncc(C(F)(F)F)c(Sc3ccccc3)n2)c1. The fourth-order valence-electron chi connectivity index (χ4n) is 2.35. The highest BCUT2D eigenvalue weighted by atomic mass is 32.2. The summed E-state index contributed by atoms with van der Waals surface area (Å²) in [7, 11) is 0. The molecule has 0 radical (unpaired) electrons. The summed E-state index contributed by atoms with van der Waals surface area (Å²) in [5, 5.41) is 2.78. The largest absolute Gasteiger partial charge is 0.491 e. The highest BCUT2D eigenvalue weighted by Crippen LogP contribution is 2.38. The Bertz CT molecular complexity index is 933. The third-order valence-corrected chi connectivity index (χ3v) is 4.49. The van der Waals surface area contributed by atoms with Gasteiger partial charge in [0, 0.05) is 22.8 Å². The van der Waals surface area contributed by atoms with Gasteiger partial charge >= 0.3 is 6.18 Å². The summed E-state index contributed by atoms with van der Waals surface area (Å²) < 4.78 is 45.7. The Balaban J connectivity index is 1.89. The summed E-state index contributed by atoms with van der Waals surface area (Å²) in [5.74, 6) is 0.721. The number of hydrogen-bond donors (Lipinski definition) is 1. The molecule has 146 valence electrons. The number of hydrogen-bond acceptors (Lipinski definition) is 5. The van der Waals surface area contributed by atoms with Gasteiger partial charge in [0.05, 0.1) is 6.10 Å². The topological polar surface area (TPSA) is 47.0 Å². The number of nitrogens with zero attached hydrogens (tertiary/aromatic N) is 2. The molecule has 0 saturated heterocycles. The number of nitrogens with one attached hydrogen (secondary N) is 1. The van der Waals surface area contributed by atoms with Gasteiger partial charge in [-0.15, -0.1) is 0 Å². The molecule has 0 bridgehead atoms. The smallest absolute Gasteiger partial charge is 0.420 e. The van der Waals surface area contributed by atoms with Crippen LogP contribution >= 0.6 is 11.8 Å². The Morgan fingerprint density at radius 3 is 2.46 bits per heavy atom. The van der Waals surface area contributed by atoms with Crippen LogP contribution in [0.1, 0.15) is 19.4 Å². The predicted molar refractivity (Wildman–Crippen MR) is 103 cm³/mol. The van der Waals surface area contributed by atoms with Crippen molar-refractivity contribution in [1.29, 1.82) is 0 Å². The highest BCUT2D eigenvalue weighted by Gasteiger charge is 2.35. The lowest BCUT2D eigenvalue weighted by molar-refractivity contribution is -0.140. The van der Waals surface area contributed by atoms with Crippen LogP contribution in [-0.4, -0.2) is 16.1 Å². The first kappa shape index (κ1) is 20.0. The zero-order valence-corrected chi connectivity index (χ0v) is 16.0. The molecule has 8 heteroatoms. The van der Waals surface area contributed by atoms with Crippen molar-refractivity contribution in [3.63, 3.8) is 0 Å². The van der Waals surface area contributed by atoms with Crippen molar-refractivity contribution in [3.8, 4) is 5.75 Å². The van der Waals surface area contributed by atoms with Crippen molar-refractivity contribution in [2.24, 2.45) is 0 Å². The summed E-state index contributed by atoms with van der Waals surface area (Å²) >= 11 is 0.942. The number of rotatable bonds is 6. The minimum Gasteiger partial charge on any atom is -0.491 e. The molecule has 0 saturated carbocycles. The first-order valence-electron chi connectivity index (χ1n) is 8.52. The number of aromatic nitrogens is 2. The molecule has 0 atom stereocenters. The molecule has 0 amide bonds. The maximum Gasteiger partial charge on any atom is 0.420 e. The second kappa shape index (κ2) is 8.52. The van der Waals surface area contributed by atoms with Crippen LogP contribution in [0.25, 0.3) is 0 Å². The zero-order chi connectivity index (χ0) is 20.1. The van der Waals surface area contributed by atoms with E-state index in [9.17, 15) is 13.2 Å². The van der Waals surface area contributed by atoms with Gasteiger partial charge in [-0.25, -0.2) is 9.97 Å². The molecule has 1 heterocycles. The minimum absolute atomic E-state index is 0.00597. The van der Waals surface area contributed by atoms with Crippen LogP contribution in [0.3, 0.4) is 0 Å². The van der Waals surface area contributed by atoms with Crippen LogP contribution in [0.15, 0.2) is 70.7 Å². The second-order valence-corrected chi connectivity index (χ2v) is 7.21. The summed E-state index contributed by atoms with van der Waals surface area (Å²) in [5.41, 5.74) is -0.252. The summed E-state index contributed by atoms with van der Waals surface area (Å²) in [6.07, 6.45) is -3.73. The second-order valence-electron chi connectivity index (χ2n) is 6.14. The Labute approximate surface area is 165 Å². The van der Waals surface area contributed by atoms with Crippen LogP contribution in [0.5, 0.6) is 5.75 Å². The molecule has 0 aliphatic heterocycles. The number of alkyl halides is 3. The molecular formula is C20H18F3N3OS. The predicted octanol–water partition coefficient (Wildman–Crippen LogP) is 6.18. The number of ether oxygens (including phenoxy) is 1. The van der Waals surface area contributed by atoms with Crippen molar-refractivity contribution in [1.82, 2.24) is 9.97 Å². The average molecular weight is 405 g/mol. The molecule has 0 spiro atoms. The maximum absolute atomic E-state index is 13.4. The highest BCUT2D eigenvalue weighted by molar-refractivity contribution is 7.99. The van der Waals surface area contributed by atoms with E-state index in [2.05, 4.69) is 15.3 Å². The Morgan fingerprint density at radius 2 is 1.79 bits per heavy atom. The standard InChI is InChI=1S/C20H18F3N3OS/c1-13(2)27-15-8-6-7-14(11-15)25-19-24-12-17(20(21,22)23)18(26-19)28-16-9-4-3-5-10-16/h3-13H,1-2H3,(H,24,25,26). The molecule has 0 unspecified atom stereocenters. The fraction of sp³-hybridized carbons (Fsp3) is 0.200. The molecule has 2 aromatic carbocycles. The summed E-state index contributed by atoms with van der Waals surface area (Å²) in [6.45, 7) is 3.82. The van der Waals surface area contributed by atoms with Gasteiger partial charge in [0.2, 0.25) is 5.95 Å². The molecule has 0 aliphatic rings. The molecule has 0 fully saturated rings. The zero-order valence-electron chi connectivity index (χ0n) is 15.2. The van der Waals surface area contributed by atoms with Crippen molar-refractivity contribution < 1.29 is 17.9 Å². The Morgan fingerprint density at radius 1 is 1.04 bits per heavy atom. The van der Waals surface area contributed by atoms with E-state index in [-0.39, 0.29) is 17.1 Å². The minimum atomic E-state index is -4.54. The maximum atomic E-state index is 13.4. The van der Waals surface area contributed by atoms with Crippen LogP contribution in [0.2, 0.25) is 0 Å². The summed E-state index contributed by atoms with van der Waals surface area (Å²) in [6, 6.07) is 15.9. The molecule has 28 heavy (non-hydrogen) atoms. The lowest BCUT2D eigenvalue weighted by Crippen LogP contribution is -2.10. The Hall–Kier alpha value is -2.74. The summed E-state index contributed by atoms with van der Waals surface area (Å²) in [4.78, 5) is 8.59. The van der Waals surface area contributed by atoms with E-state index >= 15 is 0 Å². The van der Waals surface area contributed by atoms with E-state index in [1.165, 1.54) is 0 Å². The van der Waals surface area contributed by atoms with Crippen molar-refractivity contribution in [2.45, 2.75) is 36.0 Å². The van der Waals surface area contributed by atoms with E-state index in [1.54, 1.807) is 54.6 Å². The van der Waals surface area contributed by atoms with Gasteiger partial charge in [0.25, 0.3) is 0 Å².